The summed E-state index contributed by atoms with van der Waals surface area (Å²) in [5, 5.41) is 3.73. The predicted molar refractivity (Wildman–Crippen MR) is 106 cm³/mol. The van der Waals surface area contributed by atoms with Gasteiger partial charge in [-0.25, -0.2) is 8.42 Å². The molecule has 1 saturated heterocycles. The highest BCUT2D eigenvalue weighted by Gasteiger charge is 2.29. The van der Waals surface area contributed by atoms with Crippen LogP contribution in [0.5, 0.6) is 0 Å². The van der Waals surface area contributed by atoms with E-state index in [4.69, 9.17) is 12.2 Å². The summed E-state index contributed by atoms with van der Waals surface area (Å²) in [7, 11) is -3.45. The van der Waals surface area contributed by atoms with E-state index >= 15 is 0 Å². The van der Waals surface area contributed by atoms with Crippen molar-refractivity contribution in [3.8, 4) is 0 Å². The van der Waals surface area contributed by atoms with Crippen LogP contribution in [0, 0.1) is 0 Å². The van der Waals surface area contributed by atoms with Gasteiger partial charge in [-0.2, -0.15) is 4.31 Å². The van der Waals surface area contributed by atoms with Gasteiger partial charge in [0.2, 0.25) is 10.0 Å². The second-order valence-corrected chi connectivity index (χ2v) is 8.57. The summed E-state index contributed by atoms with van der Waals surface area (Å²) in [6, 6.07) is 7.29. The van der Waals surface area contributed by atoms with Crippen LogP contribution in [0.1, 0.15) is 31.7 Å². The van der Waals surface area contributed by atoms with Crippen LogP contribution in [-0.2, 0) is 10.0 Å². The lowest BCUT2D eigenvalue weighted by Crippen LogP contribution is -2.53. The van der Waals surface area contributed by atoms with Crippen molar-refractivity contribution >= 4 is 27.4 Å². The Morgan fingerprint density at radius 1 is 1.28 bits per heavy atom. The van der Waals surface area contributed by atoms with Crippen LogP contribution in [0.4, 0.5) is 0 Å². The molecule has 1 atom stereocenters. The molecule has 1 aliphatic rings. The minimum atomic E-state index is -3.45. The third kappa shape index (κ3) is 4.80. The largest absolute Gasteiger partial charge is 0.359 e. The van der Waals surface area contributed by atoms with Crippen LogP contribution < -0.4 is 5.32 Å². The van der Waals surface area contributed by atoms with Crippen LogP contribution in [-0.4, -0.2) is 55.5 Å². The molecule has 1 N–H and O–H groups in total. The van der Waals surface area contributed by atoms with Crippen molar-refractivity contribution in [3.05, 3.63) is 42.5 Å². The summed E-state index contributed by atoms with van der Waals surface area (Å²) in [5.74, 6) is 0.435. The quantitative estimate of drug-likeness (QED) is 0.606. The number of rotatable bonds is 6. The number of hydrogen-bond donors (Lipinski definition) is 1. The molecule has 25 heavy (non-hydrogen) atoms. The number of thiocarbonyl (C=S) groups is 1. The first-order valence-corrected chi connectivity index (χ1v) is 10.5. The highest BCUT2D eigenvalue weighted by molar-refractivity contribution is 7.89. The van der Waals surface area contributed by atoms with Crippen molar-refractivity contribution in [2.45, 2.75) is 31.1 Å². The van der Waals surface area contributed by atoms with Crippen LogP contribution in [0.25, 0.3) is 0 Å². The molecule has 2 rings (SSSR count). The summed E-state index contributed by atoms with van der Waals surface area (Å²) >= 11 is 5.31. The Hall–Kier alpha value is -1.44. The summed E-state index contributed by atoms with van der Waals surface area (Å²) in [6.45, 7) is 10.6. The molecule has 1 aliphatic heterocycles. The molecule has 0 spiro atoms. The highest BCUT2D eigenvalue weighted by atomic mass is 32.2. The lowest BCUT2D eigenvalue weighted by molar-refractivity contribution is 0.264. The van der Waals surface area contributed by atoms with Gasteiger partial charge in [0.25, 0.3) is 0 Å². The molecule has 0 radical (unpaired) electrons. The topological polar surface area (TPSA) is 52.6 Å². The second-order valence-electron chi connectivity index (χ2n) is 6.24. The zero-order valence-electron chi connectivity index (χ0n) is 14.9. The Balaban J connectivity index is 2.01. The molecular formula is C18H27N3O2S2. The summed E-state index contributed by atoms with van der Waals surface area (Å²) in [6.07, 6.45) is 2.78. The van der Waals surface area contributed by atoms with E-state index in [1.807, 2.05) is 17.0 Å². The smallest absolute Gasteiger partial charge is 0.243 e. The predicted octanol–water partition coefficient (Wildman–Crippen LogP) is 2.57. The fraction of sp³-hybridized carbons (Fsp3) is 0.500. The minimum Gasteiger partial charge on any atom is -0.359 e. The number of nitrogens with one attached hydrogen (secondary N) is 1. The van der Waals surface area contributed by atoms with E-state index in [0.717, 1.165) is 6.42 Å². The van der Waals surface area contributed by atoms with E-state index in [-0.39, 0.29) is 0 Å². The number of benzene rings is 1. The molecular weight excluding hydrogens is 354 g/mol. The van der Waals surface area contributed by atoms with E-state index in [1.165, 1.54) is 9.87 Å². The molecule has 1 heterocycles. The first kappa shape index (κ1) is 19.9. The Morgan fingerprint density at radius 2 is 1.88 bits per heavy atom. The van der Waals surface area contributed by atoms with Gasteiger partial charge in [-0.3, -0.25) is 0 Å². The lowest BCUT2D eigenvalue weighted by atomic mass is 9.99. The average Bonchev–Trinajstić information content (AvgIpc) is 2.65. The van der Waals surface area contributed by atoms with E-state index in [1.54, 1.807) is 18.2 Å². The molecule has 7 heteroatoms. The maximum Gasteiger partial charge on any atom is 0.243 e. The maximum atomic E-state index is 12.8. The summed E-state index contributed by atoms with van der Waals surface area (Å²) in [4.78, 5) is 2.36. The zero-order valence-corrected chi connectivity index (χ0v) is 16.6. The number of piperazine rings is 1. The molecule has 0 aliphatic carbocycles. The number of nitrogens with zero attached hydrogens (tertiary/aromatic N) is 2. The Bertz CT molecular complexity index is 694. The van der Waals surface area contributed by atoms with Gasteiger partial charge in [0.05, 0.1) is 4.90 Å². The van der Waals surface area contributed by atoms with Gasteiger partial charge in [-0.1, -0.05) is 32.1 Å². The fourth-order valence-corrected chi connectivity index (χ4v) is 4.44. The van der Waals surface area contributed by atoms with Gasteiger partial charge < -0.3 is 10.2 Å². The molecule has 0 aromatic heterocycles. The standard InChI is InChI=1S/C18H27N3O2S2/c1-4-10-19-18(24)20-11-13-21(14-12-20)25(22,23)17-8-6-16(7-9-17)15(3)5-2/h4,6-9,15H,1,5,10-14H2,2-3H3,(H,19,24)/t15-/m1/s1. The Kier molecular flexibility index (Phi) is 6.98. The van der Waals surface area contributed by atoms with Crippen molar-refractivity contribution < 1.29 is 8.42 Å². The highest BCUT2D eigenvalue weighted by Crippen LogP contribution is 2.23. The monoisotopic (exact) mass is 381 g/mol. The minimum absolute atomic E-state index is 0.361. The van der Waals surface area contributed by atoms with E-state index in [2.05, 4.69) is 25.7 Å². The van der Waals surface area contributed by atoms with Crippen molar-refractivity contribution in [1.82, 2.24) is 14.5 Å². The molecule has 1 aromatic carbocycles. The first-order chi connectivity index (χ1) is 11.9. The Morgan fingerprint density at radius 3 is 2.40 bits per heavy atom. The second kappa shape index (κ2) is 8.78. The molecule has 0 bridgehead atoms. The molecule has 138 valence electrons. The third-order valence-corrected chi connectivity index (χ3v) is 6.94. The van der Waals surface area contributed by atoms with Crippen molar-refractivity contribution in [3.63, 3.8) is 0 Å². The van der Waals surface area contributed by atoms with Gasteiger partial charge in [-0.15, -0.1) is 6.58 Å². The molecule has 0 amide bonds. The Labute approximate surface area is 156 Å². The van der Waals surface area contributed by atoms with Gasteiger partial charge in [-0.05, 0) is 42.3 Å². The third-order valence-electron chi connectivity index (χ3n) is 4.62. The van der Waals surface area contributed by atoms with Crippen LogP contribution in [0.3, 0.4) is 0 Å². The normalized spacial score (nSPS) is 17.1. The van der Waals surface area contributed by atoms with Gasteiger partial charge in [0.1, 0.15) is 0 Å². The average molecular weight is 382 g/mol. The maximum absolute atomic E-state index is 12.8. The van der Waals surface area contributed by atoms with Crippen molar-refractivity contribution in [1.29, 1.82) is 0 Å². The van der Waals surface area contributed by atoms with Crippen LogP contribution in [0.2, 0.25) is 0 Å². The van der Waals surface area contributed by atoms with Gasteiger partial charge in [0, 0.05) is 32.7 Å². The first-order valence-electron chi connectivity index (χ1n) is 8.64. The van der Waals surface area contributed by atoms with Gasteiger partial charge in [0.15, 0.2) is 5.11 Å². The molecule has 5 nitrogen and oxygen atoms in total. The lowest BCUT2D eigenvalue weighted by Gasteiger charge is -2.35. The summed E-state index contributed by atoms with van der Waals surface area (Å²) in [5.41, 5.74) is 1.17. The van der Waals surface area contributed by atoms with Crippen molar-refractivity contribution in [2.24, 2.45) is 0 Å². The molecule has 1 fully saturated rings. The van der Waals surface area contributed by atoms with Gasteiger partial charge >= 0.3 is 0 Å². The molecule has 0 unspecified atom stereocenters. The van der Waals surface area contributed by atoms with E-state index in [0.29, 0.717) is 48.6 Å². The van der Waals surface area contributed by atoms with Crippen LogP contribution >= 0.6 is 12.2 Å². The van der Waals surface area contributed by atoms with E-state index in [9.17, 15) is 8.42 Å². The van der Waals surface area contributed by atoms with E-state index < -0.39 is 10.0 Å². The SMILES string of the molecule is C=CCNC(=S)N1CCN(S(=O)(=O)c2ccc([C@H](C)CC)cc2)CC1. The summed E-state index contributed by atoms with van der Waals surface area (Å²) < 4.78 is 27.2. The zero-order chi connectivity index (χ0) is 18.4. The number of hydrogen-bond acceptors (Lipinski definition) is 3. The molecule has 0 saturated carbocycles. The number of sulfonamides is 1. The van der Waals surface area contributed by atoms with Crippen molar-refractivity contribution in [2.75, 3.05) is 32.7 Å². The fourth-order valence-electron chi connectivity index (χ4n) is 2.76. The molecule has 1 aromatic rings. The van der Waals surface area contributed by atoms with Crippen LogP contribution in [0.15, 0.2) is 41.8 Å².